The lowest BCUT2D eigenvalue weighted by atomic mass is 9.91. The van der Waals surface area contributed by atoms with Crippen molar-refractivity contribution in [1.29, 1.82) is 0 Å². The van der Waals surface area contributed by atoms with Crippen LogP contribution in [0, 0.1) is 11.3 Å². The Kier molecular flexibility index (Phi) is 5.26. The monoisotopic (exact) mass is 212 g/mol. The van der Waals surface area contributed by atoms with Crippen molar-refractivity contribution in [2.75, 3.05) is 6.61 Å². The second kappa shape index (κ2) is 5.69. The van der Waals surface area contributed by atoms with Gasteiger partial charge in [0.15, 0.2) is 5.78 Å². The van der Waals surface area contributed by atoms with Crippen LogP contribution in [0.2, 0.25) is 0 Å². The van der Waals surface area contributed by atoms with E-state index >= 15 is 0 Å². The molecule has 0 fully saturated rings. The molecule has 0 saturated carbocycles. The number of hydrogen-bond donors (Lipinski definition) is 0. The van der Waals surface area contributed by atoms with Gasteiger partial charge in [-0.05, 0) is 12.0 Å². The average molecular weight is 212 g/mol. The standard InChI is InChI=1S/C12H20O3/c1-9(2)8-15-11(14)7-6-10(13)12(3,4)5/h6-7,9H,8H2,1-5H3/b7-6-. The predicted octanol–water partition coefficient (Wildman–Crippen LogP) is 2.36. The van der Waals surface area contributed by atoms with Gasteiger partial charge in [-0.3, -0.25) is 4.79 Å². The molecule has 0 aromatic carbocycles. The van der Waals surface area contributed by atoms with Crippen LogP contribution in [0.1, 0.15) is 34.6 Å². The van der Waals surface area contributed by atoms with Gasteiger partial charge in [-0.1, -0.05) is 34.6 Å². The molecule has 0 aromatic rings. The van der Waals surface area contributed by atoms with Crippen LogP contribution in [-0.2, 0) is 14.3 Å². The normalized spacial score (nSPS) is 12.1. The van der Waals surface area contributed by atoms with E-state index in [1.54, 1.807) is 20.8 Å². The molecule has 0 unspecified atom stereocenters. The highest BCUT2D eigenvalue weighted by molar-refractivity contribution is 5.98. The summed E-state index contributed by atoms with van der Waals surface area (Å²) in [5.41, 5.74) is -0.450. The first-order valence-corrected chi connectivity index (χ1v) is 5.12. The molecule has 15 heavy (non-hydrogen) atoms. The van der Waals surface area contributed by atoms with Gasteiger partial charge in [-0.25, -0.2) is 4.79 Å². The minimum absolute atomic E-state index is 0.0796. The maximum Gasteiger partial charge on any atom is 0.330 e. The molecular formula is C12H20O3. The molecule has 0 atom stereocenters. The van der Waals surface area contributed by atoms with Crippen molar-refractivity contribution in [3.8, 4) is 0 Å². The van der Waals surface area contributed by atoms with Crippen LogP contribution in [0.5, 0.6) is 0 Å². The number of esters is 1. The topological polar surface area (TPSA) is 43.4 Å². The van der Waals surface area contributed by atoms with Crippen LogP contribution in [0.15, 0.2) is 12.2 Å². The van der Waals surface area contributed by atoms with Crippen molar-refractivity contribution in [2.24, 2.45) is 11.3 Å². The van der Waals surface area contributed by atoms with Crippen molar-refractivity contribution >= 4 is 11.8 Å². The van der Waals surface area contributed by atoms with Gasteiger partial charge in [-0.15, -0.1) is 0 Å². The molecule has 0 radical (unpaired) electrons. The zero-order valence-corrected chi connectivity index (χ0v) is 10.2. The summed E-state index contributed by atoms with van der Waals surface area (Å²) >= 11 is 0. The number of allylic oxidation sites excluding steroid dienone is 1. The Bertz CT molecular complexity index is 257. The molecule has 0 spiro atoms. The smallest absolute Gasteiger partial charge is 0.330 e. The van der Waals surface area contributed by atoms with E-state index in [2.05, 4.69) is 0 Å². The number of ether oxygens (including phenoxy) is 1. The molecule has 3 nitrogen and oxygen atoms in total. The molecule has 0 aliphatic rings. The molecule has 0 saturated heterocycles. The van der Waals surface area contributed by atoms with Gasteiger partial charge >= 0.3 is 5.97 Å². The fourth-order valence-electron chi connectivity index (χ4n) is 0.691. The Balaban J connectivity index is 4.07. The third-order valence-corrected chi connectivity index (χ3v) is 1.67. The molecule has 0 amide bonds. The van der Waals surface area contributed by atoms with Crippen molar-refractivity contribution < 1.29 is 14.3 Å². The fraction of sp³-hybridized carbons (Fsp3) is 0.667. The molecule has 3 heteroatoms. The SMILES string of the molecule is CC(C)COC(=O)/C=C\C(=O)C(C)(C)C. The summed E-state index contributed by atoms with van der Waals surface area (Å²) in [6, 6.07) is 0. The summed E-state index contributed by atoms with van der Waals surface area (Å²) < 4.78 is 4.89. The van der Waals surface area contributed by atoms with Gasteiger partial charge in [0.1, 0.15) is 0 Å². The highest BCUT2D eigenvalue weighted by atomic mass is 16.5. The fourth-order valence-corrected chi connectivity index (χ4v) is 0.691. The Morgan fingerprint density at radius 2 is 1.73 bits per heavy atom. The summed E-state index contributed by atoms with van der Waals surface area (Å²) in [5, 5.41) is 0. The average Bonchev–Trinajstić information content (AvgIpc) is 2.09. The Hall–Kier alpha value is -1.12. The molecule has 0 aliphatic heterocycles. The highest BCUT2D eigenvalue weighted by Crippen LogP contribution is 2.14. The van der Waals surface area contributed by atoms with Crippen molar-refractivity contribution in [3.05, 3.63) is 12.2 Å². The van der Waals surface area contributed by atoms with E-state index < -0.39 is 11.4 Å². The largest absolute Gasteiger partial charge is 0.462 e. The number of rotatable bonds is 4. The second-order valence-electron chi connectivity index (χ2n) is 4.97. The Morgan fingerprint density at radius 1 is 1.20 bits per heavy atom. The molecule has 0 heterocycles. The van der Waals surface area contributed by atoms with E-state index in [1.807, 2.05) is 13.8 Å². The number of hydrogen-bond acceptors (Lipinski definition) is 3. The molecule has 0 bridgehead atoms. The van der Waals surface area contributed by atoms with Gasteiger partial charge in [0.05, 0.1) is 6.61 Å². The lowest BCUT2D eigenvalue weighted by molar-refractivity contribution is -0.139. The zero-order valence-electron chi connectivity index (χ0n) is 10.2. The van der Waals surface area contributed by atoms with E-state index in [-0.39, 0.29) is 5.78 Å². The van der Waals surface area contributed by atoms with Gasteiger partial charge in [0, 0.05) is 11.5 Å². The first-order valence-electron chi connectivity index (χ1n) is 5.12. The van der Waals surface area contributed by atoms with E-state index in [1.165, 1.54) is 12.2 Å². The zero-order chi connectivity index (χ0) is 12.1. The van der Waals surface area contributed by atoms with E-state index in [9.17, 15) is 9.59 Å². The van der Waals surface area contributed by atoms with Gasteiger partial charge in [-0.2, -0.15) is 0 Å². The maximum atomic E-state index is 11.4. The summed E-state index contributed by atoms with van der Waals surface area (Å²) in [5.74, 6) is -0.231. The number of carbonyl (C=O) groups is 2. The van der Waals surface area contributed by atoms with E-state index in [0.717, 1.165) is 0 Å². The Labute approximate surface area is 91.5 Å². The predicted molar refractivity (Wildman–Crippen MR) is 59.4 cm³/mol. The minimum Gasteiger partial charge on any atom is -0.462 e. The maximum absolute atomic E-state index is 11.4. The summed E-state index contributed by atoms with van der Waals surface area (Å²) in [6.45, 7) is 9.71. The first kappa shape index (κ1) is 13.9. The summed E-state index contributed by atoms with van der Waals surface area (Å²) in [6.07, 6.45) is 2.47. The highest BCUT2D eigenvalue weighted by Gasteiger charge is 2.18. The number of carbonyl (C=O) groups excluding carboxylic acids is 2. The first-order chi connectivity index (χ1) is 6.73. The van der Waals surface area contributed by atoms with Crippen molar-refractivity contribution in [3.63, 3.8) is 0 Å². The van der Waals surface area contributed by atoms with Crippen molar-refractivity contribution in [1.82, 2.24) is 0 Å². The second-order valence-corrected chi connectivity index (χ2v) is 4.97. The van der Waals surface area contributed by atoms with Crippen molar-refractivity contribution in [2.45, 2.75) is 34.6 Å². The molecule has 86 valence electrons. The number of ketones is 1. The molecule has 0 aromatic heterocycles. The van der Waals surface area contributed by atoms with Crippen LogP contribution in [0.25, 0.3) is 0 Å². The van der Waals surface area contributed by atoms with Gasteiger partial charge < -0.3 is 4.74 Å². The van der Waals surface area contributed by atoms with Crippen LogP contribution in [0.3, 0.4) is 0 Å². The van der Waals surface area contributed by atoms with Gasteiger partial charge in [0.25, 0.3) is 0 Å². The summed E-state index contributed by atoms with van der Waals surface area (Å²) in [4.78, 5) is 22.5. The van der Waals surface area contributed by atoms with Gasteiger partial charge in [0.2, 0.25) is 0 Å². The third kappa shape index (κ3) is 6.89. The molecule has 0 aliphatic carbocycles. The van der Waals surface area contributed by atoms with Crippen LogP contribution in [0.4, 0.5) is 0 Å². The minimum atomic E-state index is -0.457. The van der Waals surface area contributed by atoms with E-state index in [4.69, 9.17) is 4.74 Å². The molecule has 0 N–H and O–H groups in total. The van der Waals surface area contributed by atoms with E-state index in [0.29, 0.717) is 12.5 Å². The third-order valence-electron chi connectivity index (χ3n) is 1.67. The quantitative estimate of drug-likeness (QED) is 0.530. The van der Waals surface area contributed by atoms with Crippen LogP contribution in [-0.4, -0.2) is 18.4 Å². The summed E-state index contributed by atoms with van der Waals surface area (Å²) in [7, 11) is 0. The molecular weight excluding hydrogens is 192 g/mol. The Morgan fingerprint density at radius 3 is 2.13 bits per heavy atom. The van der Waals surface area contributed by atoms with Crippen LogP contribution >= 0.6 is 0 Å². The van der Waals surface area contributed by atoms with Crippen LogP contribution < -0.4 is 0 Å². The lowest BCUT2D eigenvalue weighted by Gasteiger charge is -2.12. The lowest BCUT2D eigenvalue weighted by Crippen LogP contribution is -2.18. The molecule has 0 rings (SSSR count).